The molecule has 0 saturated carbocycles. The van der Waals surface area contributed by atoms with E-state index in [0.29, 0.717) is 32.6 Å². The first kappa shape index (κ1) is 29.4. The summed E-state index contributed by atoms with van der Waals surface area (Å²) in [5.41, 5.74) is -2.52. The minimum atomic E-state index is -4.63. The molecule has 1 aromatic heterocycles. The number of Topliss-reactive ketones (excluding diaryl/α,β-unsaturated/α-hetero) is 1. The van der Waals surface area contributed by atoms with Crippen LogP contribution < -0.4 is 10.9 Å². The van der Waals surface area contributed by atoms with E-state index in [9.17, 15) is 33.0 Å². The van der Waals surface area contributed by atoms with E-state index in [0.717, 1.165) is 23.9 Å². The van der Waals surface area contributed by atoms with Crippen molar-refractivity contribution in [1.82, 2.24) is 15.2 Å². The molecule has 0 spiro atoms. The van der Waals surface area contributed by atoms with E-state index in [1.807, 2.05) is 4.90 Å². The number of benzene rings is 2. The van der Waals surface area contributed by atoms with E-state index in [2.05, 4.69) is 10.3 Å². The van der Waals surface area contributed by atoms with E-state index in [4.69, 9.17) is 11.6 Å². The van der Waals surface area contributed by atoms with Crippen LogP contribution in [-0.4, -0.2) is 63.5 Å². The van der Waals surface area contributed by atoms with Crippen molar-refractivity contribution in [2.75, 3.05) is 31.9 Å². The van der Waals surface area contributed by atoms with Gasteiger partial charge in [-0.3, -0.25) is 9.69 Å². The Balaban J connectivity index is 1.84. The molecule has 210 valence electrons. The number of rotatable bonds is 9. The monoisotopic (exact) mass is 583 g/mol. The van der Waals surface area contributed by atoms with Crippen LogP contribution in [0.4, 0.5) is 13.2 Å². The van der Waals surface area contributed by atoms with Crippen LogP contribution >= 0.6 is 23.4 Å². The number of nitrogens with one attached hydrogen (secondary N) is 2. The highest BCUT2D eigenvalue weighted by Crippen LogP contribution is 2.43. The summed E-state index contributed by atoms with van der Waals surface area (Å²) in [4.78, 5) is 29.5. The Morgan fingerprint density at radius 3 is 2.54 bits per heavy atom. The maximum absolute atomic E-state index is 13.6. The molecule has 0 bridgehead atoms. The smallest absolute Gasteiger partial charge is 0.416 e. The Labute approximate surface area is 232 Å². The highest BCUT2D eigenvalue weighted by Gasteiger charge is 2.36. The van der Waals surface area contributed by atoms with Gasteiger partial charge in [-0.2, -0.15) is 13.2 Å². The highest BCUT2D eigenvalue weighted by atomic mass is 35.5. The first-order chi connectivity index (χ1) is 18.4. The van der Waals surface area contributed by atoms with Crippen molar-refractivity contribution in [3.8, 4) is 16.9 Å². The summed E-state index contributed by atoms with van der Waals surface area (Å²) in [5.74, 6) is -0.257. The Hall–Kier alpha value is -2.57. The molecule has 1 aliphatic rings. The SMILES string of the molecule is CC(=O)CCCC(O)(CSc1c(-c2cc(Cl)ccc2O)c2cc(C(F)(F)F)ccc2[nH]c1=O)N1CCNCC1. The minimum absolute atomic E-state index is 0.00419. The summed E-state index contributed by atoms with van der Waals surface area (Å²) in [7, 11) is 0. The summed E-state index contributed by atoms with van der Waals surface area (Å²) in [6.07, 6.45) is -3.65. The number of aliphatic hydroxyl groups is 1. The second-order valence-electron chi connectivity index (χ2n) is 9.64. The molecule has 0 aliphatic carbocycles. The van der Waals surface area contributed by atoms with E-state index < -0.39 is 23.0 Å². The van der Waals surface area contributed by atoms with Crippen LogP contribution in [0, 0.1) is 0 Å². The molecule has 0 amide bonds. The predicted octanol–water partition coefficient (Wildman–Crippen LogP) is 5.02. The Bertz CT molecular complexity index is 1430. The zero-order chi connectivity index (χ0) is 28.4. The Kier molecular flexibility index (Phi) is 8.97. The number of hydrogen-bond acceptors (Lipinski definition) is 7. The number of nitrogens with zero attached hydrogens (tertiary/aromatic N) is 1. The number of carbonyl (C=O) groups is 1. The molecule has 4 rings (SSSR count). The average molecular weight is 584 g/mol. The molecule has 2 heterocycles. The van der Waals surface area contributed by atoms with Gasteiger partial charge in [-0.25, -0.2) is 0 Å². The standard InChI is InChI=1S/C27H29ClF3N3O4S/c1-16(35)3-2-8-26(38,34-11-9-32-10-12-34)15-39-24-23(20-14-18(28)5-7-22(20)36)19-13-17(27(29,30)31)4-6-21(19)33-25(24)37/h4-7,13-14,32,36,38H,2-3,8-12,15H2,1H3,(H,33,37). The van der Waals surface area contributed by atoms with Crippen LogP contribution in [0.15, 0.2) is 46.1 Å². The maximum Gasteiger partial charge on any atom is 0.416 e. The molecule has 12 heteroatoms. The molecule has 4 N–H and O–H groups in total. The summed E-state index contributed by atoms with van der Waals surface area (Å²) in [6, 6.07) is 7.13. The van der Waals surface area contributed by atoms with Gasteiger partial charge in [-0.1, -0.05) is 11.6 Å². The fraction of sp³-hybridized carbons (Fsp3) is 0.407. The van der Waals surface area contributed by atoms with Crippen molar-refractivity contribution < 1.29 is 28.2 Å². The number of ketones is 1. The zero-order valence-corrected chi connectivity index (χ0v) is 22.8. The van der Waals surface area contributed by atoms with Crippen molar-refractivity contribution >= 4 is 40.0 Å². The molecule has 7 nitrogen and oxygen atoms in total. The number of phenols is 1. The van der Waals surface area contributed by atoms with Crippen LogP contribution in [0.25, 0.3) is 22.0 Å². The van der Waals surface area contributed by atoms with Crippen LogP contribution in [0.3, 0.4) is 0 Å². The molecule has 1 atom stereocenters. The number of hydrogen-bond donors (Lipinski definition) is 4. The zero-order valence-electron chi connectivity index (χ0n) is 21.2. The van der Waals surface area contributed by atoms with Crippen molar-refractivity contribution in [3.63, 3.8) is 0 Å². The lowest BCUT2D eigenvalue weighted by molar-refractivity contribution is -0.137. The quantitative estimate of drug-likeness (QED) is 0.262. The van der Waals surface area contributed by atoms with Crippen molar-refractivity contribution in [2.24, 2.45) is 0 Å². The summed E-state index contributed by atoms with van der Waals surface area (Å²) in [6.45, 7) is 3.87. The van der Waals surface area contributed by atoms with Crippen molar-refractivity contribution in [3.05, 3.63) is 57.3 Å². The van der Waals surface area contributed by atoms with Gasteiger partial charge in [-0.15, -0.1) is 11.8 Å². The topological polar surface area (TPSA) is 106 Å². The van der Waals surface area contributed by atoms with Crippen molar-refractivity contribution in [1.29, 1.82) is 0 Å². The number of aromatic amines is 1. The number of alkyl halides is 3. The lowest BCUT2D eigenvalue weighted by Gasteiger charge is -2.42. The molecule has 0 radical (unpaired) electrons. The summed E-state index contributed by atoms with van der Waals surface area (Å²) < 4.78 is 40.9. The van der Waals surface area contributed by atoms with Gasteiger partial charge in [-0.05, 0) is 56.2 Å². The number of phenolic OH excluding ortho intramolecular Hbond substituents is 1. The van der Waals surface area contributed by atoms with E-state index >= 15 is 0 Å². The highest BCUT2D eigenvalue weighted by molar-refractivity contribution is 7.99. The van der Waals surface area contributed by atoms with Gasteiger partial charge >= 0.3 is 6.18 Å². The third kappa shape index (κ3) is 6.78. The lowest BCUT2D eigenvalue weighted by Crippen LogP contribution is -2.57. The average Bonchev–Trinajstić information content (AvgIpc) is 2.88. The maximum atomic E-state index is 13.6. The second-order valence-corrected chi connectivity index (χ2v) is 11.1. The number of piperazine rings is 1. The minimum Gasteiger partial charge on any atom is -0.507 e. The van der Waals surface area contributed by atoms with E-state index in [-0.39, 0.29) is 62.1 Å². The Morgan fingerprint density at radius 2 is 1.87 bits per heavy atom. The summed E-state index contributed by atoms with van der Waals surface area (Å²) >= 11 is 7.18. The van der Waals surface area contributed by atoms with Crippen LogP contribution in [0.1, 0.15) is 31.7 Å². The number of H-pyrrole nitrogens is 1. The fourth-order valence-corrected chi connectivity index (χ4v) is 6.20. The second kappa shape index (κ2) is 11.9. The number of thioether (sulfide) groups is 1. The molecule has 39 heavy (non-hydrogen) atoms. The van der Waals surface area contributed by atoms with Gasteiger partial charge in [0.05, 0.1) is 10.5 Å². The van der Waals surface area contributed by atoms with Gasteiger partial charge in [0, 0.05) is 65.4 Å². The van der Waals surface area contributed by atoms with E-state index in [1.54, 1.807) is 0 Å². The number of aromatic hydroxyl groups is 1. The number of fused-ring (bicyclic) bond motifs is 1. The first-order valence-electron chi connectivity index (χ1n) is 12.5. The number of halogens is 4. The van der Waals surface area contributed by atoms with Crippen molar-refractivity contribution in [2.45, 2.75) is 43.0 Å². The molecule has 3 aromatic rings. The third-order valence-electron chi connectivity index (χ3n) is 6.78. The van der Waals surface area contributed by atoms with Gasteiger partial charge < -0.3 is 25.3 Å². The van der Waals surface area contributed by atoms with Gasteiger partial charge in [0.25, 0.3) is 5.56 Å². The molecule has 1 aliphatic heterocycles. The number of carbonyl (C=O) groups excluding carboxylic acids is 1. The first-order valence-corrected chi connectivity index (χ1v) is 13.8. The van der Waals surface area contributed by atoms with Crippen LogP contribution in [0.5, 0.6) is 5.75 Å². The largest absolute Gasteiger partial charge is 0.507 e. The molecule has 1 unspecified atom stereocenters. The summed E-state index contributed by atoms with van der Waals surface area (Å²) in [5, 5.41) is 26.0. The van der Waals surface area contributed by atoms with Gasteiger partial charge in [0.1, 0.15) is 17.3 Å². The molecule has 2 aromatic carbocycles. The molecule has 1 fully saturated rings. The normalized spacial score (nSPS) is 16.4. The van der Waals surface area contributed by atoms with Gasteiger partial charge in [0.2, 0.25) is 0 Å². The van der Waals surface area contributed by atoms with Crippen LogP contribution in [-0.2, 0) is 11.0 Å². The Morgan fingerprint density at radius 1 is 1.15 bits per heavy atom. The fourth-order valence-electron chi connectivity index (χ4n) is 4.78. The predicted molar refractivity (Wildman–Crippen MR) is 146 cm³/mol. The third-order valence-corrected chi connectivity index (χ3v) is 8.30. The lowest BCUT2D eigenvalue weighted by atomic mass is 9.98. The number of pyridine rings is 1. The van der Waals surface area contributed by atoms with E-state index in [1.165, 1.54) is 31.2 Å². The number of aromatic nitrogens is 1. The molecule has 1 saturated heterocycles. The molecular weight excluding hydrogens is 555 g/mol. The molecular formula is C27H29ClF3N3O4S. The van der Waals surface area contributed by atoms with Crippen LogP contribution in [0.2, 0.25) is 5.02 Å². The van der Waals surface area contributed by atoms with Gasteiger partial charge in [0.15, 0.2) is 0 Å².